The molecule has 1 amide bonds. The van der Waals surface area contributed by atoms with Crippen molar-refractivity contribution in [1.29, 1.82) is 0 Å². The van der Waals surface area contributed by atoms with Gasteiger partial charge in [-0.05, 0) is 45.9 Å². The molecule has 9 heteroatoms. The van der Waals surface area contributed by atoms with Gasteiger partial charge in [-0.15, -0.1) is 11.3 Å². The number of hydrogen-bond acceptors (Lipinski definition) is 6. The molecule has 1 aliphatic heterocycles. The van der Waals surface area contributed by atoms with Crippen LogP contribution < -0.4 is 14.7 Å². The predicted octanol–water partition coefficient (Wildman–Crippen LogP) is 3.35. The van der Waals surface area contributed by atoms with E-state index in [1.54, 1.807) is 9.58 Å². The van der Waals surface area contributed by atoms with Crippen LogP contribution in [0.4, 0.5) is 5.69 Å². The summed E-state index contributed by atoms with van der Waals surface area (Å²) < 4.78 is 2.59. The van der Waals surface area contributed by atoms with Gasteiger partial charge in [0.25, 0.3) is 10.9 Å². The second-order valence-electron chi connectivity index (χ2n) is 5.85. The number of rotatable bonds is 3. The molecule has 1 aliphatic rings. The second kappa shape index (κ2) is 7.21. The van der Waals surface area contributed by atoms with Crippen LogP contribution in [0.15, 0.2) is 45.3 Å². The van der Waals surface area contributed by atoms with Crippen LogP contribution in [0.25, 0.3) is 11.3 Å². The lowest BCUT2D eigenvalue weighted by Crippen LogP contribution is -2.58. The molecular weight excluding hydrogens is 448 g/mol. The van der Waals surface area contributed by atoms with Crippen LogP contribution in [0.2, 0.25) is 0 Å². The normalized spacial score (nSPS) is 15.4. The first-order valence-corrected chi connectivity index (χ1v) is 10.9. The van der Waals surface area contributed by atoms with Crippen molar-refractivity contribution in [3.8, 4) is 17.1 Å². The lowest BCUT2D eigenvalue weighted by molar-refractivity contribution is -0.763. The van der Waals surface area contributed by atoms with E-state index in [2.05, 4.69) is 26.0 Å². The zero-order valence-electron chi connectivity index (χ0n) is 14.5. The Bertz CT molecular complexity index is 1040. The van der Waals surface area contributed by atoms with Crippen molar-refractivity contribution in [2.45, 2.75) is 25.2 Å². The van der Waals surface area contributed by atoms with Gasteiger partial charge in [0, 0.05) is 12.0 Å². The molecule has 3 heterocycles. The van der Waals surface area contributed by atoms with Gasteiger partial charge >= 0.3 is 6.17 Å². The molecule has 0 fully saturated rings. The van der Waals surface area contributed by atoms with Crippen LogP contribution >= 0.6 is 39.0 Å². The second-order valence-corrected chi connectivity index (χ2v) is 9.57. The van der Waals surface area contributed by atoms with Crippen LogP contribution in [-0.2, 0) is 4.79 Å². The summed E-state index contributed by atoms with van der Waals surface area (Å²) in [5.74, 6) is 0.296. The summed E-state index contributed by atoms with van der Waals surface area (Å²) in [7, 11) is 0. The summed E-state index contributed by atoms with van der Waals surface area (Å²) >= 11 is 6.40. The molecule has 0 aliphatic carbocycles. The van der Waals surface area contributed by atoms with Gasteiger partial charge in [-0.1, -0.05) is 35.5 Å². The number of carbonyl (C=O) groups is 1. The van der Waals surface area contributed by atoms with E-state index < -0.39 is 6.17 Å². The largest absolute Gasteiger partial charge is 0.854 e. The summed E-state index contributed by atoms with van der Waals surface area (Å²) in [6.07, 6.45) is -0.532. The number of benzene rings is 1. The molecular formula is C18H15BrN4O2S2. The molecule has 138 valence electrons. The molecule has 0 N–H and O–H groups in total. The highest BCUT2D eigenvalue weighted by atomic mass is 79.9. The quantitative estimate of drug-likeness (QED) is 0.440. The van der Waals surface area contributed by atoms with E-state index in [-0.39, 0.29) is 11.8 Å². The van der Waals surface area contributed by atoms with E-state index in [0.29, 0.717) is 22.1 Å². The molecule has 1 atom stereocenters. The highest BCUT2D eigenvalue weighted by molar-refractivity contribution is 9.11. The topological polar surface area (TPSA) is 73.0 Å². The van der Waals surface area contributed by atoms with Crippen LogP contribution in [0.5, 0.6) is 5.88 Å². The van der Waals surface area contributed by atoms with Crippen LogP contribution in [0.3, 0.4) is 0 Å². The first-order valence-electron chi connectivity index (χ1n) is 8.29. The number of aromatic nitrogens is 3. The molecule has 1 unspecified atom stereocenters. The van der Waals surface area contributed by atoms with Gasteiger partial charge < -0.3 is 5.11 Å². The number of thiophene rings is 1. The first-order chi connectivity index (χ1) is 13.0. The maximum atomic E-state index is 12.9. The average Bonchev–Trinajstić information content (AvgIpc) is 3.06. The maximum absolute atomic E-state index is 12.9. The molecule has 1 aromatic carbocycles. The molecule has 0 bridgehead atoms. The average molecular weight is 463 g/mol. The predicted molar refractivity (Wildman–Crippen MR) is 107 cm³/mol. The number of anilines is 1. The van der Waals surface area contributed by atoms with E-state index in [4.69, 9.17) is 0 Å². The summed E-state index contributed by atoms with van der Waals surface area (Å²) in [6.45, 7) is 3.51. The van der Waals surface area contributed by atoms with Gasteiger partial charge in [-0.2, -0.15) is 0 Å². The Morgan fingerprint density at radius 2 is 2.15 bits per heavy atom. The van der Waals surface area contributed by atoms with E-state index in [1.807, 2.05) is 43.3 Å². The molecule has 0 radical (unpaired) electrons. The fourth-order valence-corrected chi connectivity index (χ4v) is 5.24. The Labute approximate surface area is 173 Å². The lowest BCUT2D eigenvalue weighted by atomic mass is 10.0. The number of nitrogens with zero attached hydrogens (tertiary/aromatic N) is 4. The molecule has 0 saturated heterocycles. The van der Waals surface area contributed by atoms with Crippen molar-refractivity contribution in [3.05, 3.63) is 45.1 Å². The number of halogens is 1. The Balaban J connectivity index is 2.05. The van der Waals surface area contributed by atoms with Gasteiger partial charge in [0.15, 0.2) is 0 Å². The Morgan fingerprint density at radius 1 is 1.37 bits per heavy atom. The Morgan fingerprint density at radius 3 is 2.81 bits per heavy atom. The summed E-state index contributed by atoms with van der Waals surface area (Å²) in [5.41, 5.74) is 1.76. The SMILES string of the molecule is CCSc1nc([O-])c2[n+](n1)C(c1ccc(Br)s1)N(C(C)=O)c1ccccc1-2. The third-order valence-electron chi connectivity index (χ3n) is 4.18. The maximum Gasteiger partial charge on any atom is 0.302 e. The minimum atomic E-state index is -0.532. The number of amides is 1. The van der Waals surface area contributed by atoms with Crippen molar-refractivity contribution in [2.24, 2.45) is 0 Å². The zero-order valence-corrected chi connectivity index (χ0v) is 17.8. The van der Waals surface area contributed by atoms with Crippen molar-refractivity contribution in [3.63, 3.8) is 0 Å². The van der Waals surface area contributed by atoms with Gasteiger partial charge in [-0.3, -0.25) is 4.79 Å². The van der Waals surface area contributed by atoms with E-state index in [0.717, 1.165) is 14.4 Å². The Hall–Kier alpha value is -1.97. The molecule has 0 saturated carbocycles. The number of hydrogen-bond donors (Lipinski definition) is 0. The minimum Gasteiger partial charge on any atom is -0.854 e. The van der Waals surface area contributed by atoms with Crippen LogP contribution in [-0.4, -0.2) is 21.7 Å². The minimum absolute atomic E-state index is 0.120. The van der Waals surface area contributed by atoms with Gasteiger partial charge in [0.2, 0.25) is 5.91 Å². The fourth-order valence-electron chi connectivity index (χ4n) is 3.19. The third kappa shape index (κ3) is 3.13. The highest BCUT2D eigenvalue weighted by Crippen LogP contribution is 2.42. The molecule has 3 aromatic rings. The molecule has 0 spiro atoms. The Kier molecular flexibility index (Phi) is 4.92. The van der Waals surface area contributed by atoms with Crippen LogP contribution in [0.1, 0.15) is 24.9 Å². The molecule has 6 nitrogen and oxygen atoms in total. The van der Waals surface area contributed by atoms with Crippen LogP contribution in [0, 0.1) is 0 Å². The number of thioether (sulfide) groups is 1. The molecule has 2 aromatic heterocycles. The monoisotopic (exact) mass is 462 g/mol. The van der Waals surface area contributed by atoms with Crippen molar-refractivity contribution < 1.29 is 14.6 Å². The van der Waals surface area contributed by atoms with Gasteiger partial charge in [0.1, 0.15) is 0 Å². The molecule has 4 rings (SSSR count). The summed E-state index contributed by atoms with van der Waals surface area (Å²) in [5, 5.41) is 17.9. The van der Waals surface area contributed by atoms with E-state index in [9.17, 15) is 9.90 Å². The third-order valence-corrected chi connectivity index (χ3v) is 6.56. The standard InChI is InChI=1S/C18H15BrN4O2S2/c1-3-26-18-20-16(25)15-11-6-4-5-7-12(11)22(10(2)24)17(23(15)21-18)13-8-9-14(19)27-13/h4-9,17H,3H2,1-2H3. The summed E-state index contributed by atoms with van der Waals surface area (Å²) in [6, 6.07) is 11.3. The molecule has 27 heavy (non-hydrogen) atoms. The smallest absolute Gasteiger partial charge is 0.302 e. The number of fused-ring (bicyclic) bond motifs is 3. The number of para-hydroxylation sites is 1. The van der Waals surface area contributed by atoms with Gasteiger partial charge in [0.05, 0.1) is 25.8 Å². The van der Waals surface area contributed by atoms with Crippen molar-refractivity contribution in [1.82, 2.24) is 10.1 Å². The van der Waals surface area contributed by atoms with Crippen molar-refractivity contribution in [2.75, 3.05) is 10.7 Å². The number of carbonyl (C=O) groups excluding carboxylic acids is 1. The zero-order chi connectivity index (χ0) is 19.1. The van der Waals surface area contributed by atoms with Gasteiger partial charge in [-0.25, -0.2) is 9.88 Å². The van der Waals surface area contributed by atoms with E-state index in [1.165, 1.54) is 30.0 Å². The summed E-state index contributed by atoms with van der Waals surface area (Å²) in [4.78, 5) is 19.4. The first kappa shape index (κ1) is 18.4. The van der Waals surface area contributed by atoms with E-state index >= 15 is 0 Å². The highest BCUT2D eigenvalue weighted by Gasteiger charge is 2.44. The van der Waals surface area contributed by atoms with Crippen molar-refractivity contribution >= 4 is 50.6 Å². The fraction of sp³-hybridized carbons (Fsp3) is 0.222. The lowest BCUT2D eigenvalue weighted by Gasteiger charge is -2.32.